The van der Waals surface area contributed by atoms with Gasteiger partial charge in [0.1, 0.15) is 17.9 Å². The van der Waals surface area contributed by atoms with E-state index in [0.29, 0.717) is 11.0 Å². The number of fused-ring (bicyclic) bond motifs is 1. The average Bonchev–Trinajstić information content (AvgIpc) is 2.68. The number of benzene rings is 1. The molecule has 2 rings (SSSR count). The number of rotatable bonds is 2. The fourth-order valence-corrected chi connectivity index (χ4v) is 1.37. The van der Waals surface area contributed by atoms with E-state index in [-0.39, 0.29) is 12.1 Å². The summed E-state index contributed by atoms with van der Waals surface area (Å²) in [6, 6.07) is 3.70. The van der Waals surface area contributed by atoms with Crippen molar-refractivity contribution in [1.82, 2.24) is 5.16 Å². The zero-order chi connectivity index (χ0) is 12.4. The molecule has 1 aromatic heterocycles. The van der Waals surface area contributed by atoms with Crippen molar-refractivity contribution in [1.29, 1.82) is 0 Å². The number of hydrogen-bond donors (Lipinski definition) is 1. The van der Waals surface area contributed by atoms with Gasteiger partial charge in [0, 0.05) is 5.39 Å². The van der Waals surface area contributed by atoms with Gasteiger partial charge in [-0.05, 0) is 23.1 Å². The summed E-state index contributed by atoms with van der Waals surface area (Å²) in [5.74, 6) is -1.20. The van der Waals surface area contributed by atoms with Crippen LogP contribution in [0.1, 0.15) is 5.69 Å². The van der Waals surface area contributed by atoms with Crippen LogP contribution in [0.4, 0.5) is 4.39 Å². The molecule has 0 bridgehead atoms. The van der Waals surface area contributed by atoms with Crippen LogP contribution < -0.4 is 0 Å². The van der Waals surface area contributed by atoms with Gasteiger partial charge >= 0.3 is 5.84 Å². The summed E-state index contributed by atoms with van der Waals surface area (Å²) in [7, 11) is 0. The van der Waals surface area contributed by atoms with Gasteiger partial charge in [-0.25, -0.2) is 4.39 Å². The zero-order valence-electron chi connectivity index (χ0n) is 8.33. The van der Waals surface area contributed by atoms with E-state index >= 15 is 0 Å². The number of amidine groups is 1. The van der Waals surface area contributed by atoms with E-state index in [0.717, 1.165) is 6.07 Å². The van der Waals surface area contributed by atoms with Crippen LogP contribution in [0.15, 0.2) is 27.9 Å². The van der Waals surface area contributed by atoms with Crippen LogP contribution in [0, 0.1) is 15.9 Å². The van der Waals surface area contributed by atoms with Gasteiger partial charge in [-0.2, -0.15) is 0 Å². The molecule has 0 radical (unpaired) electrons. The zero-order valence-corrected chi connectivity index (χ0v) is 8.33. The summed E-state index contributed by atoms with van der Waals surface area (Å²) in [6.45, 7) is 0. The molecule has 1 N–H and O–H groups in total. The third-order valence-corrected chi connectivity index (χ3v) is 2.16. The number of aromatic nitrogens is 1. The fraction of sp³-hybridized carbons (Fsp3) is 0.111. The Morgan fingerprint density at radius 2 is 2.41 bits per heavy atom. The van der Waals surface area contributed by atoms with Crippen LogP contribution in [0.5, 0.6) is 0 Å². The largest absolute Gasteiger partial charge is 0.391 e. The molecule has 0 aliphatic carbocycles. The van der Waals surface area contributed by atoms with E-state index in [1.165, 1.54) is 12.1 Å². The first-order valence-electron chi connectivity index (χ1n) is 4.51. The normalized spacial score (nSPS) is 11.9. The summed E-state index contributed by atoms with van der Waals surface area (Å²) in [5.41, 5.74) is 0.450. The van der Waals surface area contributed by atoms with Crippen LogP contribution in [0.3, 0.4) is 0 Å². The van der Waals surface area contributed by atoms with E-state index in [9.17, 15) is 14.5 Å². The smallest absolute Gasteiger partial charge is 0.358 e. The maximum absolute atomic E-state index is 13.0. The van der Waals surface area contributed by atoms with Crippen molar-refractivity contribution >= 4 is 16.8 Å². The van der Waals surface area contributed by atoms with Gasteiger partial charge in [-0.15, -0.1) is 0 Å². The van der Waals surface area contributed by atoms with Gasteiger partial charge in [-0.3, -0.25) is 0 Å². The minimum absolute atomic E-state index is 0.143. The minimum Gasteiger partial charge on any atom is -0.358 e. The standard InChI is InChI=1S/C9H6FN3O4/c10-5-1-2-8-6(3-5)7(12-17-8)4-9(11-14)13(15)16/h1-3,14H,4H2/b11-9-. The molecule has 17 heavy (non-hydrogen) atoms. The van der Waals surface area contributed by atoms with E-state index in [1.54, 1.807) is 0 Å². The third-order valence-electron chi connectivity index (χ3n) is 2.16. The summed E-state index contributed by atoms with van der Waals surface area (Å²) < 4.78 is 17.8. The van der Waals surface area contributed by atoms with Gasteiger partial charge in [0.05, 0.1) is 0 Å². The molecule has 88 valence electrons. The first kappa shape index (κ1) is 11.0. The molecule has 0 atom stereocenters. The Morgan fingerprint density at radius 1 is 1.65 bits per heavy atom. The predicted octanol–water partition coefficient (Wildman–Crippen LogP) is 1.57. The number of halogens is 1. The fourth-order valence-electron chi connectivity index (χ4n) is 1.37. The molecule has 0 spiro atoms. The van der Waals surface area contributed by atoms with Crippen molar-refractivity contribution in [3.8, 4) is 0 Å². The Hall–Kier alpha value is -2.51. The lowest BCUT2D eigenvalue weighted by molar-refractivity contribution is -0.355. The molecule has 0 aliphatic heterocycles. The molecule has 0 saturated carbocycles. The van der Waals surface area contributed by atoms with Crippen molar-refractivity contribution in [3.05, 3.63) is 39.8 Å². The number of nitro groups is 1. The van der Waals surface area contributed by atoms with Gasteiger partial charge < -0.3 is 19.8 Å². The van der Waals surface area contributed by atoms with Crippen LogP contribution in [0.2, 0.25) is 0 Å². The second kappa shape index (κ2) is 4.16. The highest BCUT2D eigenvalue weighted by molar-refractivity contribution is 5.85. The number of nitrogens with zero attached hydrogens (tertiary/aromatic N) is 3. The first-order chi connectivity index (χ1) is 8.11. The van der Waals surface area contributed by atoms with E-state index in [1.807, 2.05) is 0 Å². The summed E-state index contributed by atoms with van der Waals surface area (Å²) in [4.78, 5) is 9.59. The van der Waals surface area contributed by atoms with Crippen LogP contribution in [0.25, 0.3) is 11.0 Å². The van der Waals surface area contributed by atoms with Crippen molar-refractivity contribution < 1.29 is 19.0 Å². The molecule has 2 aromatic rings. The number of hydrogen-bond acceptors (Lipinski definition) is 6. The van der Waals surface area contributed by atoms with Crippen LogP contribution in [-0.2, 0) is 6.42 Å². The number of oxime groups is 1. The molecule has 1 aromatic carbocycles. The Bertz CT molecular complexity index is 607. The molecular formula is C9H6FN3O4. The second-order valence-corrected chi connectivity index (χ2v) is 3.22. The monoisotopic (exact) mass is 239 g/mol. The lowest BCUT2D eigenvalue weighted by Crippen LogP contribution is -2.15. The summed E-state index contributed by atoms with van der Waals surface area (Å²) in [6.07, 6.45) is -0.347. The SMILES string of the molecule is O=[N+]([O-])/C(Cc1noc2ccc(F)cc12)=N\O. The van der Waals surface area contributed by atoms with Gasteiger partial charge in [0.15, 0.2) is 10.7 Å². The van der Waals surface area contributed by atoms with Crippen molar-refractivity contribution in [2.45, 2.75) is 6.42 Å². The van der Waals surface area contributed by atoms with Crippen LogP contribution >= 0.6 is 0 Å². The molecule has 0 saturated heterocycles. The third kappa shape index (κ3) is 2.05. The van der Waals surface area contributed by atoms with Crippen molar-refractivity contribution in [2.24, 2.45) is 5.16 Å². The Kier molecular flexibility index (Phi) is 2.69. The predicted molar refractivity (Wildman–Crippen MR) is 53.9 cm³/mol. The quantitative estimate of drug-likeness (QED) is 0.282. The Morgan fingerprint density at radius 3 is 3.06 bits per heavy atom. The topological polar surface area (TPSA) is 102 Å². The van der Waals surface area contributed by atoms with E-state index in [2.05, 4.69) is 10.3 Å². The first-order valence-corrected chi connectivity index (χ1v) is 4.51. The molecule has 0 aliphatic rings. The lowest BCUT2D eigenvalue weighted by Gasteiger charge is -1.94. The second-order valence-electron chi connectivity index (χ2n) is 3.22. The maximum Gasteiger partial charge on any atom is 0.391 e. The maximum atomic E-state index is 13.0. The van der Waals surface area contributed by atoms with E-state index in [4.69, 9.17) is 9.73 Å². The molecule has 0 fully saturated rings. The molecule has 7 nitrogen and oxygen atoms in total. The van der Waals surface area contributed by atoms with E-state index < -0.39 is 16.6 Å². The lowest BCUT2D eigenvalue weighted by atomic mass is 10.1. The summed E-state index contributed by atoms with van der Waals surface area (Å²) in [5, 5.41) is 25.3. The molecule has 8 heteroatoms. The molecule has 0 unspecified atom stereocenters. The van der Waals surface area contributed by atoms with Crippen LogP contribution in [-0.4, -0.2) is 21.1 Å². The van der Waals surface area contributed by atoms with Gasteiger partial charge in [-0.1, -0.05) is 5.16 Å². The Balaban J connectivity index is 2.43. The average molecular weight is 239 g/mol. The van der Waals surface area contributed by atoms with Gasteiger partial charge in [0.2, 0.25) is 0 Å². The highest BCUT2D eigenvalue weighted by Crippen LogP contribution is 2.20. The minimum atomic E-state index is -0.847. The summed E-state index contributed by atoms with van der Waals surface area (Å²) >= 11 is 0. The van der Waals surface area contributed by atoms with Crippen molar-refractivity contribution in [2.75, 3.05) is 0 Å². The molecular weight excluding hydrogens is 233 g/mol. The highest BCUT2D eigenvalue weighted by Gasteiger charge is 2.19. The molecule has 0 amide bonds. The highest BCUT2D eigenvalue weighted by atomic mass is 19.1. The van der Waals surface area contributed by atoms with Gasteiger partial charge in [0.25, 0.3) is 0 Å². The Labute approximate surface area is 93.3 Å². The molecule has 1 heterocycles. The van der Waals surface area contributed by atoms with Crippen molar-refractivity contribution in [3.63, 3.8) is 0 Å².